The molecule has 0 spiro atoms. The highest BCUT2D eigenvalue weighted by molar-refractivity contribution is 4.88. The van der Waals surface area contributed by atoms with Crippen LogP contribution in [0.25, 0.3) is 0 Å². The maximum absolute atomic E-state index is 9.91. The Kier molecular flexibility index (Phi) is 4.22. The molecule has 2 aliphatic carbocycles. The summed E-state index contributed by atoms with van der Waals surface area (Å²) < 4.78 is 5.91. The topological polar surface area (TPSA) is 32.7 Å². The molecule has 3 nitrogen and oxygen atoms in total. The second-order valence-electron chi connectivity index (χ2n) is 6.34. The van der Waals surface area contributed by atoms with Gasteiger partial charge in [-0.05, 0) is 44.6 Å². The van der Waals surface area contributed by atoms with Crippen LogP contribution in [0.5, 0.6) is 0 Å². The van der Waals surface area contributed by atoms with E-state index in [1.54, 1.807) is 0 Å². The Hall–Kier alpha value is -0.120. The Morgan fingerprint density at radius 2 is 1.94 bits per heavy atom. The second-order valence-corrected chi connectivity index (χ2v) is 6.34. The van der Waals surface area contributed by atoms with Crippen LogP contribution in [-0.2, 0) is 4.74 Å². The van der Waals surface area contributed by atoms with Gasteiger partial charge in [-0.15, -0.1) is 0 Å². The molecule has 4 atom stereocenters. The molecule has 18 heavy (non-hydrogen) atoms. The maximum Gasteiger partial charge on any atom is 0.0730 e. The fourth-order valence-electron chi connectivity index (χ4n) is 4.14. The van der Waals surface area contributed by atoms with Gasteiger partial charge in [0.2, 0.25) is 0 Å². The number of rotatable bonds is 3. The molecular weight excluding hydrogens is 226 g/mol. The van der Waals surface area contributed by atoms with E-state index in [0.717, 1.165) is 19.6 Å². The zero-order chi connectivity index (χ0) is 12.4. The molecule has 3 aliphatic rings. The number of fused-ring (bicyclic) bond motifs is 1. The van der Waals surface area contributed by atoms with Crippen LogP contribution in [0.1, 0.15) is 51.4 Å². The standard InChI is InChI=1S/C15H27NO2/c17-14-6-3-4-12(14)8-9-16-10-11-18-15-7-2-1-5-13(15)16/h12-15,17H,1-11H2. The van der Waals surface area contributed by atoms with Gasteiger partial charge in [-0.1, -0.05) is 19.3 Å². The van der Waals surface area contributed by atoms with E-state index < -0.39 is 0 Å². The lowest BCUT2D eigenvalue weighted by Crippen LogP contribution is -2.53. The van der Waals surface area contributed by atoms with Gasteiger partial charge in [-0.2, -0.15) is 0 Å². The minimum absolute atomic E-state index is 0.0202. The van der Waals surface area contributed by atoms with Crippen molar-refractivity contribution in [3.63, 3.8) is 0 Å². The maximum atomic E-state index is 9.91. The summed E-state index contributed by atoms with van der Waals surface area (Å²) >= 11 is 0. The van der Waals surface area contributed by atoms with Gasteiger partial charge in [0.15, 0.2) is 0 Å². The van der Waals surface area contributed by atoms with E-state index in [0.29, 0.717) is 18.1 Å². The first kappa shape index (κ1) is 12.9. The average Bonchev–Trinajstić information content (AvgIpc) is 2.82. The highest BCUT2D eigenvalue weighted by Crippen LogP contribution is 2.31. The Labute approximate surface area is 110 Å². The number of hydrogen-bond acceptors (Lipinski definition) is 3. The van der Waals surface area contributed by atoms with Crippen LogP contribution in [0, 0.1) is 5.92 Å². The molecule has 0 bridgehead atoms. The van der Waals surface area contributed by atoms with Crippen molar-refractivity contribution in [1.82, 2.24) is 4.90 Å². The third kappa shape index (κ3) is 2.73. The Balaban J connectivity index is 1.51. The molecule has 3 fully saturated rings. The summed E-state index contributed by atoms with van der Waals surface area (Å²) in [6.07, 6.45) is 10.4. The number of morpholine rings is 1. The summed E-state index contributed by atoms with van der Waals surface area (Å²) in [6, 6.07) is 0.672. The van der Waals surface area contributed by atoms with Crippen molar-refractivity contribution in [3.05, 3.63) is 0 Å². The Bertz CT molecular complexity index is 269. The molecule has 0 aromatic rings. The number of hydrogen-bond donors (Lipinski definition) is 1. The summed E-state index contributed by atoms with van der Waals surface area (Å²) in [4.78, 5) is 2.65. The average molecular weight is 253 g/mol. The number of ether oxygens (including phenoxy) is 1. The van der Waals surface area contributed by atoms with Crippen LogP contribution in [0.3, 0.4) is 0 Å². The molecule has 2 saturated carbocycles. The van der Waals surface area contributed by atoms with Crippen molar-refractivity contribution in [2.45, 2.75) is 69.6 Å². The van der Waals surface area contributed by atoms with Gasteiger partial charge < -0.3 is 9.84 Å². The van der Waals surface area contributed by atoms with E-state index in [1.165, 1.54) is 51.5 Å². The van der Waals surface area contributed by atoms with Gasteiger partial charge in [0.1, 0.15) is 0 Å². The van der Waals surface area contributed by atoms with Crippen molar-refractivity contribution in [2.24, 2.45) is 5.92 Å². The summed E-state index contributed by atoms with van der Waals surface area (Å²) in [5.41, 5.74) is 0. The summed E-state index contributed by atoms with van der Waals surface area (Å²) in [5, 5.41) is 9.91. The predicted octanol–water partition coefficient (Wildman–Crippen LogP) is 2.18. The lowest BCUT2D eigenvalue weighted by Gasteiger charge is -2.44. The molecule has 1 saturated heterocycles. The van der Waals surface area contributed by atoms with E-state index in [-0.39, 0.29) is 6.10 Å². The van der Waals surface area contributed by atoms with Gasteiger partial charge in [0, 0.05) is 12.6 Å². The summed E-state index contributed by atoms with van der Waals surface area (Å²) in [6.45, 7) is 3.19. The minimum atomic E-state index is -0.0202. The van der Waals surface area contributed by atoms with Gasteiger partial charge in [0.05, 0.1) is 18.8 Å². The summed E-state index contributed by atoms with van der Waals surface area (Å²) in [5.74, 6) is 0.565. The monoisotopic (exact) mass is 253 g/mol. The highest BCUT2D eigenvalue weighted by atomic mass is 16.5. The molecule has 3 heteroatoms. The smallest absolute Gasteiger partial charge is 0.0730 e. The Morgan fingerprint density at radius 3 is 2.78 bits per heavy atom. The first-order chi connectivity index (χ1) is 8.84. The second kappa shape index (κ2) is 5.89. The van der Waals surface area contributed by atoms with Crippen molar-refractivity contribution < 1.29 is 9.84 Å². The van der Waals surface area contributed by atoms with Crippen LogP contribution in [0.15, 0.2) is 0 Å². The molecular formula is C15H27NO2. The first-order valence-electron chi connectivity index (χ1n) is 7.88. The zero-order valence-electron chi connectivity index (χ0n) is 11.4. The van der Waals surface area contributed by atoms with Gasteiger partial charge >= 0.3 is 0 Å². The first-order valence-corrected chi connectivity index (χ1v) is 7.88. The lowest BCUT2D eigenvalue weighted by atomic mass is 9.89. The fourth-order valence-corrected chi connectivity index (χ4v) is 4.14. The molecule has 0 amide bonds. The van der Waals surface area contributed by atoms with Crippen LogP contribution >= 0.6 is 0 Å². The number of aliphatic hydroxyl groups excluding tert-OH is 1. The normalized spacial score (nSPS) is 41.8. The quantitative estimate of drug-likeness (QED) is 0.837. The Morgan fingerprint density at radius 1 is 1.06 bits per heavy atom. The third-order valence-electron chi connectivity index (χ3n) is 5.25. The van der Waals surface area contributed by atoms with E-state index >= 15 is 0 Å². The molecule has 4 unspecified atom stereocenters. The van der Waals surface area contributed by atoms with Crippen LogP contribution in [0.2, 0.25) is 0 Å². The fraction of sp³-hybridized carbons (Fsp3) is 1.00. The van der Waals surface area contributed by atoms with Crippen LogP contribution in [-0.4, -0.2) is 48.0 Å². The molecule has 1 heterocycles. The van der Waals surface area contributed by atoms with Gasteiger partial charge in [-0.25, -0.2) is 0 Å². The third-order valence-corrected chi connectivity index (χ3v) is 5.25. The van der Waals surface area contributed by atoms with E-state index in [9.17, 15) is 5.11 Å². The molecule has 1 aliphatic heterocycles. The highest BCUT2D eigenvalue weighted by Gasteiger charge is 2.34. The molecule has 3 rings (SSSR count). The molecule has 0 aromatic heterocycles. The van der Waals surface area contributed by atoms with Crippen molar-refractivity contribution >= 4 is 0 Å². The largest absolute Gasteiger partial charge is 0.393 e. The van der Waals surface area contributed by atoms with E-state index in [1.807, 2.05) is 0 Å². The predicted molar refractivity (Wildman–Crippen MR) is 71.5 cm³/mol. The minimum Gasteiger partial charge on any atom is -0.393 e. The van der Waals surface area contributed by atoms with Gasteiger partial charge in [-0.3, -0.25) is 4.90 Å². The molecule has 104 valence electrons. The van der Waals surface area contributed by atoms with E-state index in [2.05, 4.69) is 4.90 Å². The van der Waals surface area contributed by atoms with Gasteiger partial charge in [0.25, 0.3) is 0 Å². The van der Waals surface area contributed by atoms with Crippen molar-refractivity contribution in [2.75, 3.05) is 19.7 Å². The lowest BCUT2D eigenvalue weighted by molar-refractivity contribution is -0.0898. The zero-order valence-corrected chi connectivity index (χ0v) is 11.4. The number of aliphatic hydroxyl groups is 1. The number of nitrogens with zero attached hydrogens (tertiary/aromatic N) is 1. The van der Waals surface area contributed by atoms with Crippen LogP contribution in [0.4, 0.5) is 0 Å². The molecule has 1 N–H and O–H groups in total. The molecule has 0 aromatic carbocycles. The molecule has 0 radical (unpaired) electrons. The summed E-state index contributed by atoms with van der Waals surface area (Å²) in [7, 11) is 0. The van der Waals surface area contributed by atoms with E-state index in [4.69, 9.17) is 4.74 Å². The SMILES string of the molecule is OC1CCCC1CCN1CCOC2CCCCC21. The van der Waals surface area contributed by atoms with Crippen LogP contribution < -0.4 is 0 Å². The van der Waals surface area contributed by atoms with Crippen molar-refractivity contribution in [3.8, 4) is 0 Å². The van der Waals surface area contributed by atoms with Crippen molar-refractivity contribution in [1.29, 1.82) is 0 Å².